The van der Waals surface area contributed by atoms with Crippen molar-refractivity contribution in [2.45, 2.75) is 6.61 Å². The predicted octanol–water partition coefficient (Wildman–Crippen LogP) is 1.78. The number of hydrogen-bond acceptors (Lipinski definition) is 2. The van der Waals surface area contributed by atoms with Crippen LogP contribution in [0, 0.1) is 0 Å². The first kappa shape index (κ1) is 9.43. The lowest BCUT2D eigenvalue weighted by molar-refractivity contribution is 0.282. The van der Waals surface area contributed by atoms with Gasteiger partial charge in [0.15, 0.2) is 0 Å². The zero-order valence-electron chi connectivity index (χ0n) is 7.25. The molecular formula is C10H8BrNO2. The average Bonchev–Trinajstić information content (AvgIpc) is 2.16. The largest absolute Gasteiger partial charge is 0.392 e. The fourth-order valence-corrected chi connectivity index (χ4v) is 1.92. The number of aliphatic hydroxyl groups is 1. The lowest BCUT2D eigenvalue weighted by Crippen LogP contribution is -2.03. The zero-order chi connectivity index (χ0) is 10.1. The van der Waals surface area contributed by atoms with Gasteiger partial charge in [-0.05, 0) is 27.6 Å². The fraction of sp³-hybridized carbons (Fsp3) is 0.100. The second-order valence-electron chi connectivity index (χ2n) is 3.02. The summed E-state index contributed by atoms with van der Waals surface area (Å²) < 4.78 is 0.765. The molecule has 0 saturated carbocycles. The van der Waals surface area contributed by atoms with Gasteiger partial charge >= 0.3 is 0 Å². The standard InChI is InChI=1S/C10H8BrNO2/c11-8-4-10(14)12-9-3-6(5-13)1-2-7(8)9/h1-4,13H,5H2,(H,12,14). The lowest BCUT2D eigenvalue weighted by Gasteiger charge is -2.02. The van der Waals surface area contributed by atoms with Gasteiger partial charge in [-0.25, -0.2) is 0 Å². The molecule has 0 atom stereocenters. The summed E-state index contributed by atoms with van der Waals surface area (Å²) in [7, 11) is 0. The van der Waals surface area contributed by atoms with E-state index < -0.39 is 0 Å². The first-order valence-electron chi connectivity index (χ1n) is 4.13. The van der Waals surface area contributed by atoms with E-state index in [0.29, 0.717) is 0 Å². The highest BCUT2D eigenvalue weighted by atomic mass is 79.9. The summed E-state index contributed by atoms with van der Waals surface area (Å²) in [4.78, 5) is 13.9. The van der Waals surface area contributed by atoms with Crippen molar-refractivity contribution in [1.29, 1.82) is 0 Å². The minimum Gasteiger partial charge on any atom is -0.392 e. The van der Waals surface area contributed by atoms with Gasteiger partial charge in [0, 0.05) is 21.4 Å². The maximum absolute atomic E-state index is 11.2. The molecule has 2 N–H and O–H groups in total. The smallest absolute Gasteiger partial charge is 0.249 e. The van der Waals surface area contributed by atoms with E-state index in [2.05, 4.69) is 20.9 Å². The Bertz CT molecular complexity index is 533. The van der Waals surface area contributed by atoms with Gasteiger partial charge in [0.2, 0.25) is 5.56 Å². The number of H-pyrrole nitrogens is 1. The molecule has 2 rings (SSSR count). The summed E-state index contributed by atoms with van der Waals surface area (Å²) in [6, 6.07) is 6.94. The number of halogens is 1. The van der Waals surface area contributed by atoms with E-state index >= 15 is 0 Å². The van der Waals surface area contributed by atoms with Crippen LogP contribution >= 0.6 is 15.9 Å². The Kier molecular flexibility index (Phi) is 2.39. The van der Waals surface area contributed by atoms with E-state index in [-0.39, 0.29) is 12.2 Å². The van der Waals surface area contributed by atoms with Crippen LogP contribution in [0.5, 0.6) is 0 Å². The first-order chi connectivity index (χ1) is 6.70. The van der Waals surface area contributed by atoms with E-state index in [9.17, 15) is 4.79 Å². The molecule has 72 valence electrons. The molecule has 0 aliphatic rings. The number of fused-ring (bicyclic) bond motifs is 1. The second-order valence-corrected chi connectivity index (χ2v) is 3.87. The Morgan fingerprint density at radius 2 is 2.14 bits per heavy atom. The van der Waals surface area contributed by atoms with Crippen molar-refractivity contribution in [3.05, 3.63) is 44.7 Å². The number of benzene rings is 1. The van der Waals surface area contributed by atoms with E-state index in [1.807, 2.05) is 12.1 Å². The third kappa shape index (κ3) is 1.58. The number of aliphatic hydroxyl groups excluding tert-OH is 1. The molecule has 0 spiro atoms. The van der Waals surface area contributed by atoms with Crippen molar-refractivity contribution in [2.75, 3.05) is 0 Å². The number of hydrogen-bond donors (Lipinski definition) is 2. The van der Waals surface area contributed by atoms with Crippen LogP contribution in [0.1, 0.15) is 5.56 Å². The summed E-state index contributed by atoms with van der Waals surface area (Å²) >= 11 is 3.31. The molecule has 0 radical (unpaired) electrons. The molecule has 0 aliphatic carbocycles. The van der Waals surface area contributed by atoms with Crippen LogP contribution in [0.25, 0.3) is 10.9 Å². The van der Waals surface area contributed by atoms with Crippen LogP contribution in [0.2, 0.25) is 0 Å². The zero-order valence-corrected chi connectivity index (χ0v) is 8.84. The van der Waals surface area contributed by atoms with E-state index in [1.165, 1.54) is 6.07 Å². The van der Waals surface area contributed by atoms with Crippen molar-refractivity contribution in [1.82, 2.24) is 4.98 Å². The van der Waals surface area contributed by atoms with Crippen molar-refractivity contribution < 1.29 is 5.11 Å². The Hall–Kier alpha value is -1.13. The van der Waals surface area contributed by atoms with Gasteiger partial charge < -0.3 is 10.1 Å². The normalized spacial score (nSPS) is 10.7. The first-order valence-corrected chi connectivity index (χ1v) is 4.92. The van der Waals surface area contributed by atoms with Gasteiger partial charge in [-0.2, -0.15) is 0 Å². The average molecular weight is 254 g/mol. The predicted molar refractivity (Wildman–Crippen MR) is 58.2 cm³/mol. The SMILES string of the molecule is O=c1cc(Br)c2ccc(CO)cc2[nH]1. The molecule has 0 bridgehead atoms. The maximum Gasteiger partial charge on any atom is 0.249 e. The van der Waals surface area contributed by atoms with Crippen LogP contribution in [0.15, 0.2) is 33.5 Å². The van der Waals surface area contributed by atoms with E-state index in [1.54, 1.807) is 6.07 Å². The number of nitrogens with one attached hydrogen (secondary N) is 1. The molecule has 2 aromatic rings. The molecule has 14 heavy (non-hydrogen) atoms. The second kappa shape index (κ2) is 3.55. The Labute approximate surface area is 88.5 Å². The quantitative estimate of drug-likeness (QED) is 0.815. The van der Waals surface area contributed by atoms with Crippen molar-refractivity contribution in [2.24, 2.45) is 0 Å². The number of pyridine rings is 1. The van der Waals surface area contributed by atoms with Gasteiger partial charge in [0.25, 0.3) is 0 Å². The van der Waals surface area contributed by atoms with Crippen molar-refractivity contribution in [3.8, 4) is 0 Å². The molecule has 0 aliphatic heterocycles. The molecule has 1 aromatic carbocycles. The van der Waals surface area contributed by atoms with Gasteiger partial charge in [0.1, 0.15) is 0 Å². The number of rotatable bonds is 1. The molecule has 0 amide bonds. The van der Waals surface area contributed by atoms with Gasteiger partial charge in [0.05, 0.1) is 6.61 Å². The highest BCUT2D eigenvalue weighted by Gasteiger charge is 2.01. The third-order valence-electron chi connectivity index (χ3n) is 2.04. The topological polar surface area (TPSA) is 53.1 Å². The maximum atomic E-state index is 11.2. The molecule has 0 fully saturated rings. The summed E-state index contributed by atoms with van der Waals surface area (Å²) in [6.45, 7) is -0.0233. The lowest BCUT2D eigenvalue weighted by atomic mass is 10.1. The molecule has 3 nitrogen and oxygen atoms in total. The van der Waals surface area contributed by atoms with Crippen LogP contribution < -0.4 is 5.56 Å². The van der Waals surface area contributed by atoms with Gasteiger partial charge in [-0.15, -0.1) is 0 Å². The fourth-order valence-electron chi connectivity index (χ4n) is 1.36. The monoisotopic (exact) mass is 253 g/mol. The summed E-state index contributed by atoms with van der Waals surface area (Å²) in [5.74, 6) is 0. The Morgan fingerprint density at radius 1 is 1.36 bits per heavy atom. The molecular weight excluding hydrogens is 246 g/mol. The molecule has 1 heterocycles. The summed E-state index contributed by atoms with van der Waals surface area (Å²) in [5, 5.41) is 9.86. The number of aromatic nitrogens is 1. The van der Waals surface area contributed by atoms with Crippen LogP contribution in [0.4, 0.5) is 0 Å². The van der Waals surface area contributed by atoms with Gasteiger partial charge in [-0.1, -0.05) is 12.1 Å². The Morgan fingerprint density at radius 3 is 2.86 bits per heavy atom. The van der Waals surface area contributed by atoms with Crippen molar-refractivity contribution >= 4 is 26.8 Å². The molecule has 0 saturated heterocycles. The molecule has 1 aromatic heterocycles. The van der Waals surface area contributed by atoms with Crippen LogP contribution in [-0.2, 0) is 6.61 Å². The van der Waals surface area contributed by atoms with Gasteiger partial charge in [-0.3, -0.25) is 4.79 Å². The van der Waals surface area contributed by atoms with E-state index in [4.69, 9.17) is 5.11 Å². The number of aromatic amines is 1. The summed E-state index contributed by atoms with van der Waals surface area (Å²) in [5.41, 5.74) is 1.36. The minimum absolute atomic E-state index is 0.0233. The summed E-state index contributed by atoms with van der Waals surface area (Å²) in [6.07, 6.45) is 0. The van der Waals surface area contributed by atoms with Crippen molar-refractivity contribution in [3.63, 3.8) is 0 Å². The minimum atomic E-state index is -0.153. The highest BCUT2D eigenvalue weighted by Crippen LogP contribution is 2.21. The third-order valence-corrected chi connectivity index (χ3v) is 2.70. The molecule has 4 heteroatoms. The van der Waals surface area contributed by atoms with E-state index in [0.717, 1.165) is 20.9 Å². The Balaban J connectivity index is 2.82. The molecule has 0 unspecified atom stereocenters. The van der Waals surface area contributed by atoms with Crippen LogP contribution in [0.3, 0.4) is 0 Å². The van der Waals surface area contributed by atoms with Crippen LogP contribution in [-0.4, -0.2) is 10.1 Å². The highest BCUT2D eigenvalue weighted by molar-refractivity contribution is 9.10.